The Morgan fingerprint density at radius 3 is 2.20 bits per heavy atom. The Hall–Kier alpha value is -5.16. The number of nitrogens with one attached hydrogen (secondary N) is 1. The molecule has 14 nitrogen and oxygen atoms in total. The molecule has 1 aliphatic heterocycles. The molecular weight excluding hydrogens is 704 g/mol. The maximum absolute atomic E-state index is 13.6. The molecule has 268 valence electrons. The summed E-state index contributed by atoms with van der Waals surface area (Å²) < 4.78 is 74.6. The van der Waals surface area contributed by atoms with Crippen molar-refractivity contribution >= 4 is 41.0 Å². The quantitative estimate of drug-likeness (QED) is 0.319. The maximum Gasteiger partial charge on any atom is 0.490 e. The Balaban J connectivity index is 0.000000727. The van der Waals surface area contributed by atoms with E-state index in [9.17, 15) is 40.7 Å². The van der Waals surface area contributed by atoms with E-state index in [2.05, 4.69) is 15.4 Å². The number of anilines is 1. The SMILES string of the molecule is Cn1c(-c2cn(CC#N)nc2C(F)(F)F)cnc1C(=O)Nc1ccc(C(=O)N2CCN(C(=O)C3CC(N)C3)CC2)c(Cl)c1.O=C(O)C(F)(F)F. The van der Waals surface area contributed by atoms with E-state index in [1.165, 1.54) is 29.8 Å². The molecule has 2 aliphatic rings. The second-order valence-corrected chi connectivity index (χ2v) is 11.7. The minimum Gasteiger partial charge on any atom is -0.475 e. The number of imidazole rings is 1. The van der Waals surface area contributed by atoms with Crippen LogP contribution in [0.3, 0.4) is 0 Å². The van der Waals surface area contributed by atoms with Crippen molar-refractivity contribution in [3.05, 3.63) is 52.7 Å². The number of alkyl halides is 6. The van der Waals surface area contributed by atoms with Crippen LogP contribution in [-0.4, -0.2) is 96.3 Å². The van der Waals surface area contributed by atoms with Crippen LogP contribution in [0.1, 0.15) is 39.5 Å². The minimum atomic E-state index is -5.08. The molecule has 4 N–H and O–H groups in total. The van der Waals surface area contributed by atoms with E-state index in [0.29, 0.717) is 39.0 Å². The third kappa shape index (κ3) is 8.52. The van der Waals surface area contributed by atoms with Crippen LogP contribution in [0.25, 0.3) is 11.3 Å². The highest BCUT2D eigenvalue weighted by atomic mass is 35.5. The topological polar surface area (TPSA) is 192 Å². The van der Waals surface area contributed by atoms with E-state index in [1.54, 1.807) is 15.9 Å². The van der Waals surface area contributed by atoms with Crippen molar-refractivity contribution in [2.75, 3.05) is 31.5 Å². The number of carboxylic acids is 1. The lowest BCUT2D eigenvalue weighted by molar-refractivity contribution is -0.192. The van der Waals surface area contributed by atoms with Crippen LogP contribution in [0.4, 0.5) is 32.0 Å². The number of aliphatic carboxylic acids is 1. The van der Waals surface area contributed by atoms with Crippen LogP contribution >= 0.6 is 11.6 Å². The number of nitrogens with two attached hydrogens (primary N) is 1. The fourth-order valence-electron chi connectivity index (χ4n) is 5.22. The van der Waals surface area contributed by atoms with Gasteiger partial charge in [0.15, 0.2) is 11.5 Å². The summed E-state index contributed by atoms with van der Waals surface area (Å²) in [4.78, 5) is 54.9. The smallest absolute Gasteiger partial charge is 0.475 e. The van der Waals surface area contributed by atoms with Crippen LogP contribution in [0.15, 0.2) is 30.6 Å². The number of aromatic nitrogens is 4. The number of hydrogen-bond donors (Lipinski definition) is 3. The van der Waals surface area contributed by atoms with Crippen molar-refractivity contribution < 1.29 is 50.6 Å². The number of rotatable bonds is 6. The summed E-state index contributed by atoms with van der Waals surface area (Å²) in [5, 5.41) is 22.1. The molecule has 0 bridgehead atoms. The van der Waals surface area contributed by atoms with Gasteiger partial charge in [0.25, 0.3) is 11.8 Å². The van der Waals surface area contributed by atoms with Gasteiger partial charge in [0, 0.05) is 57.1 Å². The highest BCUT2D eigenvalue weighted by Gasteiger charge is 2.40. The summed E-state index contributed by atoms with van der Waals surface area (Å²) in [6, 6.07) is 6.15. The molecule has 1 aliphatic carbocycles. The van der Waals surface area contributed by atoms with Crippen LogP contribution in [-0.2, 0) is 29.4 Å². The van der Waals surface area contributed by atoms with Crippen molar-refractivity contribution in [3.63, 3.8) is 0 Å². The molecule has 3 aromatic rings. The first kappa shape index (κ1) is 37.7. The van der Waals surface area contributed by atoms with Crippen molar-refractivity contribution in [1.29, 1.82) is 5.26 Å². The van der Waals surface area contributed by atoms with Gasteiger partial charge >= 0.3 is 18.3 Å². The van der Waals surface area contributed by atoms with Gasteiger partial charge in [-0.3, -0.25) is 19.1 Å². The standard InChI is InChI=1S/C27H27ClF3N9O3.C2HF3O2/c1-37-21(19-14-40(5-4-32)36-22(19)27(29,30)31)13-34-23(37)24(41)35-17-2-3-18(20(28)12-17)26(43)39-8-6-38(7-9-39)25(42)15-10-16(33)11-15;3-2(4,5)1(6)7/h2-3,12-16H,5-11,33H2,1H3,(H,35,41);(H,6,7). The molecule has 3 heterocycles. The molecule has 2 fully saturated rings. The summed E-state index contributed by atoms with van der Waals surface area (Å²) in [5.74, 6) is -3.96. The van der Waals surface area contributed by atoms with E-state index in [0.717, 1.165) is 17.1 Å². The number of nitriles is 1. The number of carbonyl (C=O) groups is 4. The lowest BCUT2D eigenvalue weighted by atomic mass is 9.80. The molecule has 21 heteroatoms. The average molecular weight is 732 g/mol. The fraction of sp³-hybridized carbons (Fsp3) is 0.414. The zero-order valence-corrected chi connectivity index (χ0v) is 26.7. The number of halogens is 7. The molecule has 0 radical (unpaired) electrons. The largest absolute Gasteiger partial charge is 0.490 e. The summed E-state index contributed by atoms with van der Waals surface area (Å²) in [6.07, 6.45) is -6.32. The number of amides is 3. The Morgan fingerprint density at radius 1 is 1.08 bits per heavy atom. The maximum atomic E-state index is 13.6. The highest BCUT2D eigenvalue weighted by Crippen LogP contribution is 2.36. The molecule has 1 saturated carbocycles. The monoisotopic (exact) mass is 731 g/mol. The van der Waals surface area contributed by atoms with Crippen molar-refractivity contribution in [2.24, 2.45) is 18.7 Å². The summed E-state index contributed by atoms with van der Waals surface area (Å²) in [7, 11) is 1.38. The molecule has 50 heavy (non-hydrogen) atoms. The summed E-state index contributed by atoms with van der Waals surface area (Å²) in [5.41, 5.74) is 4.68. The van der Waals surface area contributed by atoms with Gasteiger partial charge in [-0.05, 0) is 31.0 Å². The fourth-order valence-corrected chi connectivity index (χ4v) is 5.48. The Morgan fingerprint density at radius 2 is 1.68 bits per heavy atom. The first-order chi connectivity index (χ1) is 23.3. The molecule has 0 atom stereocenters. The number of carbonyl (C=O) groups excluding carboxylic acids is 3. The first-order valence-corrected chi connectivity index (χ1v) is 15.0. The van der Waals surface area contributed by atoms with Crippen molar-refractivity contribution in [2.45, 2.75) is 37.8 Å². The molecule has 5 rings (SSSR count). The third-order valence-corrected chi connectivity index (χ3v) is 8.15. The number of nitrogens with zero attached hydrogens (tertiary/aromatic N) is 7. The van der Waals surface area contributed by atoms with Crippen LogP contribution in [0.5, 0.6) is 0 Å². The summed E-state index contributed by atoms with van der Waals surface area (Å²) >= 11 is 6.40. The average Bonchev–Trinajstić information content (AvgIpc) is 3.62. The first-order valence-electron chi connectivity index (χ1n) is 14.6. The Bertz CT molecular complexity index is 1820. The zero-order chi connectivity index (χ0) is 37.1. The lowest BCUT2D eigenvalue weighted by Gasteiger charge is -2.40. The predicted octanol–water partition coefficient (Wildman–Crippen LogP) is 3.39. The second-order valence-electron chi connectivity index (χ2n) is 11.3. The van der Waals surface area contributed by atoms with Gasteiger partial charge in [0.1, 0.15) is 6.54 Å². The van der Waals surface area contributed by atoms with Crippen molar-refractivity contribution in [1.82, 2.24) is 29.1 Å². The number of piperazine rings is 1. The lowest BCUT2D eigenvalue weighted by Crippen LogP contribution is -2.54. The second kappa shape index (κ2) is 14.8. The van der Waals surface area contributed by atoms with E-state index in [1.807, 2.05) is 0 Å². The number of carboxylic acid groups (broad SMARTS) is 1. The Kier molecular flexibility index (Phi) is 11.1. The van der Waals surface area contributed by atoms with Gasteiger partial charge in [-0.15, -0.1) is 0 Å². The van der Waals surface area contributed by atoms with Gasteiger partial charge in [-0.2, -0.15) is 36.7 Å². The van der Waals surface area contributed by atoms with Gasteiger partial charge < -0.3 is 30.5 Å². The van der Waals surface area contributed by atoms with Gasteiger partial charge in [0.05, 0.1) is 34.1 Å². The minimum absolute atomic E-state index is 0.0290. The van der Waals surface area contributed by atoms with Gasteiger partial charge in [-0.1, -0.05) is 11.6 Å². The van der Waals surface area contributed by atoms with E-state index < -0.39 is 29.9 Å². The molecule has 0 spiro atoms. The molecule has 0 unspecified atom stereocenters. The molecule has 3 amide bonds. The molecule has 1 aromatic carbocycles. The van der Waals surface area contributed by atoms with Gasteiger partial charge in [0.2, 0.25) is 5.91 Å². The van der Waals surface area contributed by atoms with Crippen LogP contribution in [0.2, 0.25) is 5.02 Å². The number of hydrogen-bond acceptors (Lipinski definition) is 8. The van der Waals surface area contributed by atoms with E-state index in [-0.39, 0.29) is 63.7 Å². The molecular formula is C29H28ClF6N9O5. The zero-order valence-electron chi connectivity index (χ0n) is 25.9. The van der Waals surface area contributed by atoms with E-state index >= 15 is 0 Å². The molecule has 2 aromatic heterocycles. The van der Waals surface area contributed by atoms with Crippen molar-refractivity contribution in [3.8, 4) is 17.3 Å². The summed E-state index contributed by atoms with van der Waals surface area (Å²) in [6.45, 7) is 1.14. The predicted molar refractivity (Wildman–Crippen MR) is 161 cm³/mol. The van der Waals surface area contributed by atoms with Gasteiger partial charge in [-0.25, -0.2) is 9.78 Å². The van der Waals surface area contributed by atoms with Crippen LogP contribution in [0, 0.1) is 17.2 Å². The third-order valence-electron chi connectivity index (χ3n) is 7.83. The highest BCUT2D eigenvalue weighted by molar-refractivity contribution is 6.34. The molecule has 1 saturated heterocycles. The Labute approximate surface area is 284 Å². The van der Waals surface area contributed by atoms with E-state index in [4.69, 9.17) is 32.5 Å². The number of benzene rings is 1. The van der Waals surface area contributed by atoms with Crippen LogP contribution < -0.4 is 11.1 Å². The normalized spacial score (nSPS) is 17.6.